The van der Waals surface area contributed by atoms with Crippen molar-refractivity contribution in [1.82, 2.24) is 15.5 Å². The van der Waals surface area contributed by atoms with E-state index in [2.05, 4.69) is 46.7 Å². The molecule has 27 heavy (non-hydrogen) atoms. The molecule has 0 bridgehead atoms. The Morgan fingerprint density at radius 1 is 1.26 bits per heavy atom. The maximum absolute atomic E-state index is 9.40. The fourth-order valence-corrected chi connectivity index (χ4v) is 5.59. The molecule has 0 saturated carbocycles. The second-order valence-electron chi connectivity index (χ2n) is 7.31. The van der Waals surface area contributed by atoms with E-state index in [4.69, 9.17) is 11.6 Å². The van der Waals surface area contributed by atoms with Gasteiger partial charge in [0.1, 0.15) is 0 Å². The summed E-state index contributed by atoms with van der Waals surface area (Å²) in [4.78, 5) is 1.35. The van der Waals surface area contributed by atoms with Crippen LogP contribution in [0.3, 0.4) is 0 Å². The fraction of sp³-hybridized carbons (Fsp3) is 0.381. The molecule has 0 amide bonds. The van der Waals surface area contributed by atoms with Crippen LogP contribution in [0.25, 0.3) is 11.1 Å². The summed E-state index contributed by atoms with van der Waals surface area (Å²) in [6.45, 7) is 2.41. The van der Waals surface area contributed by atoms with Gasteiger partial charge in [-0.3, -0.25) is 5.10 Å². The lowest BCUT2D eigenvalue weighted by Gasteiger charge is -2.35. The van der Waals surface area contributed by atoms with E-state index < -0.39 is 0 Å². The molecule has 1 aliphatic rings. The highest BCUT2D eigenvalue weighted by atomic mass is 35.5. The molecule has 3 atom stereocenters. The molecule has 3 aromatic rings. The highest BCUT2D eigenvalue weighted by Gasteiger charge is 2.30. The van der Waals surface area contributed by atoms with E-state index >= 15 is 0 Å². The zero-order chi connectivity index (χ0) is 18.8. The van der Waals surface area contributed by atoms with Crippen LogP contribution in [0.5, 0.6) is 0 Å². The first-order valence-electron chi connectivity index (χ1n) is 9.38. The topological polar surface area (TPSA) is 60.9 Å². The van der Waals surface area contributed by atoms with Gasteiger partial charge in [0.05, 0.1) is 10.5 Å². The maximum atomic E-state index is 9.40. The first-order chi connectivity index (χ1) is 13.1. The van der Waals surface area contributed by atoms with Crippen molar-refractivity contribution in [1.29, 1.82) is 0 Å². The summed E-state index contributed by atoms with van der Waals surface area (Å²) < 4.78 is 0.818. The van der Waals surface area contributed by atoms with Gasteiger partial charge in [-0.15, -0.1) is 11.3 Å². The van der Waals surface area contributed by atoms with Crippen molar-refractivity contribution in [3.63, 3.8) is 0 Å². The molecule has 4 nitrogen and oxygen atoms in total. The minimum Gasteiger partial charge on any atom is -0.396 e. The molecule has 1 aromatic carbocycles. The Morgan fingerprint density at radius 2 is 2.15 bits per heavy atom. The van der Waals surface area contributed by atoms with Gasteiger partial charge in [0.15, 0.2) is 0 Å². The summed E-state index contributed by atoms with van der Waals surface area (Å²) in [6, 6.07) is 11.4. The van der Waals surface area contributed by atoms with Crippen LogP contribution in [0.4, 0.5) is 0 Å². The summed E-state index contributed by atoms with van der Waals surface area (Å²) in [5, 5.41) is 20.1. The maximum Gasteiger partial charge on any atom is 0.0934 e. The number of aromatic amines is 1. The predicted molar refractivity (Wildman–Crippen MR) is 111 cm³/mol. The molecule has 1 fully saturated rings. The smallest absolute Gasteiger partial charge is 0.0934 e. The number of aliphatic hydroxyl groups excluding tert-OH is 1. The van der Waals surface area contributed by atoms with E-state index in [1.165, 1.54) is 21.6 Å². The van der Waals surface area contributed by atoms with Crippen molar-refractivity contribution in [2.24, 2.45) is 0 Å². The standard InChI is InChI=1S/C21H24ClN3OS/c1-13-7-17(21-16(5-6-26)10-20(22)27-21)9-19(25-13)15-4-2-3-14(8-15)18-11-23-24-12-18/h2-4,8,10-13,17,19,25-26H,5-7,9H2,1H3,(H,23,24). The molecule has 3 unspecified atom stereocenters. The van der Waals surface area contributed by atoms with Crippen LogP contribution in [0.2, 0.25) is 4.34 Å². The van der Waals surface area contributed by atoms with E-state index in [0.29, 0.717) is 24.4 Å². The average molecular weight is 402 g/mol. The van der Waals surface area contributed by atoms with Gasteiger partial charge in [0.2, 0.25) is 0 Å². The number of nitrogens with zero attached hydrogens (tertiary/aromatic N) is 1. The highest BCUT2D eigenvalue weighted by Crippen LogP contribution is 2.42. The van der Waals surface area contributed by atoms with Crippen molar-refractivity contribution < 1.29 is 5.11 Å². The Hall–Kier alpha value is -1.66. The molecule has 0 radical (unpaired) electrons. The van der Waals surface area contributed by atoms with E-state index in [-0.39, 0.29) is 6.61 Å². The normalized spacial score (nSPS) is 22.9. The fourth-order valence-electron chi connectivity index (χ4n) is 4.15. The quantitative estimate of drug-likeness (QED) is 0.568. The molecule has 0 aliphatic carbocycles. The lowest BCUT2D eigenvalue weighted by molar-refractivity contribution is 0.294. The molecule has 0 spiro atoms. The Balaban J connectivity index is 1.61. The molecule has 1 aliphatic heterocycles. The third-order valence-corrected chi connectivity index (χ3v) is 6.80. The number of rotatable bonds is 5. The van der Waals surface area contributed by atoms with Gasteiger partial charge in [0.25, 0.3) is 0 Å². The number of aliphatic hydroxyl groups is 1. The van der Waals surface area contributed by atoms with E-state index in [0.717, 1.165) is 22.7 Å². The highest BCUT2D eigenvalue weighted by molar-refractivity contribution is 7.16. The zero-order valence-corrected chi connectivity index (χ0v) is 16.9. The SMILES string of the molecule is CC1CC(c2sc(Cl)cc2CCO)CC(c2cccc(-c3cn[nH]c3)c2)N1. The van der Waals surface area contributed by atoms with Gasteiger partial charge in [-0.05, 0) is 60.9 Å². The Kier molecular flexibility index (Phi) is 5.64. The van der Waals surface area contributed by atoms with E-state index in [1.54, 1.807) is 11.3 Å². The zero-order valence-electron chi connectivity index (χ0n) is 15.3. The molecule has 1 saturated heterocycles. The van der Waals surface area contributed by atoms with Crippen LogP contribution in [-0.4, -0.2) is 28.0 Å². The number of hydrogen-bond acceptors (Lipinski definition) is 4. The number of nitrogens with one attached hydrogen (secondary N) is 2. The summed E-state index contributed by atoms with van der Waals surface area (Å²) in [5.41, 5.74) is 4.79. The monoisotopic (exact) mass is 401 g/mol. The molecular formula is C21H24ClN3OS. The molecule has 3 N–H and O–H groups in total. The minimum absolute atomic E-state index is 0.163. The third-order valence-electron chi connectivity index (χ3n) is 5.33. The van der Waals surface area contributed by atoms with Gasteiger partial charge in [-0.1, -0.05) is 29.8 Å². The van der Waals surface area contributed by atoms with Crippen LogP contribution in [-0.2, 0) is 6.42 Å². The molecular weight excluding hydrogens is 378 g/mol. The number of benzene rings is 1. The molecule has 2 aromatic heterocycles. The predicted octanol–water partition coefficient (Wildman–Crippen LogP) is 4.92. The van der Waals surface area contributed by atoms with Crippen LogP contribution >= 0.6 is 22.9 Å². The van der Waals surface area contributed by atoms with Crippen molar-refractivity contribution in [3.8, 4) is 11.1 Å². The Morgan fingerprint density at radius 3 is 2.93 bits per heavy atom. The van der Waals surface area contributed by atoms with Gasteiger partial charge in [-0.25, -0.2) is 0 Å². The second kappa shape index (κ2) is 8.15. The van der Waals surface area contributed by atoms with Gasteiger partial charge >= 0.3 is 0 Å². The largest absolute Gasteiger partial charge is 0.396 e. The Bertz CT molecular complexity index is 893. The van der Waals surface area contributed by atoms with Gasteiger partial charge < -0.3 is 10.4 Å². The number of hydrogen-bond donors (Lipinski definition) is 3. The Labute approximate surface area is 168 Å². The number of piperidine rings is 1. The molecule has 4 rings (SSSR count). The first kappa shape index (κ1) is 18.7. The second-order valence-corrected chi connectivity index (χ2v) is 9.03. The summed E-state index contributed by atoms with van der Waals surface area (Å²) >= 11 is 7.98. The summed E-state index contributed by atoms with van der Waals surface area (Å²) in [7, 11) is 0. The first-order valence-corrected chi connectivity index (χ1v) is 10.6. The molecule has 142 valence electrons. The third kappa shape index (κ3) is 4.11. The number of aromatic nitrogens is 2. The molecule has 6 heteroatoms. The number of H-pyrrole nitrogens is 1. The van der Waals surface area contributed by atoms with E-state index in [9.17, 15) is 5.11 Å². The average Bonchev–Trinajstić information content (AvgIpc) is 3.32. The van der Waals surface area contributed by atoms with Crippen molar-refractivity contribution in [2.75, 3.05) is 6.61 Å². The van der Waals surface area contributed by atoms with Crippen molar-refractivity contribution >= 4 is 22.9 Å². The van der Waals surface area contributed by atoms with Crippen molar-refractivity contribution in [2.45, 2.75) is 44.2 Å². The van der Waals surface area contributed by atoms with Gasteiger partial charge in [-0.2, -0.15) is 5.10 Å². The van der Waals surface area contributed by atoms with Crippen molar-refractivity contribution in [3.05, 3.63) is 63.1 Å². The van der Waals surface area contributed by atoms with Crippen LogP contribution in [0.15, 0.2) is 42.7 Å². The van der Waals surface area contributed by atoms with Gasteiger partial charge in [0, 0.05) is 35.3 Å². The lowest BCUT2D eigenvalue weighted by atomic mass is 9.83. The summed E-state index contributed by atoms with van der Waals surface area (Å²) in [6.07, 6.45) is 6.58. The van der Waals surface area contributed by atoms with Crippen LogP contribution in [0.1, 0.15) is 47.7 Å². The molecule has 3 heterocycles. The number of halogens is 1. The lowest BCUT2D eigenvalue weighted by Crippen LogP contribution is -2.38. The number of thiophene rings is 1. The van der Waals surface area contributed by atoms with Crippen LogP contribution < -0.4 is 5.32 Å². The summed E-state index contributed by atoms with van der Waals surface area (Å²) in [5.74, 6) is 0.461. The van der Waals surface area contributed by atoms with E-state index in [1.807, 2.05) is 18.5 Å². The van der Waals surface area contributed by atoms with Crippen LogP contribution in [0, 0.1) is 0 Å². The minimum atomic E-state index is 0.163.